The molecule has 1 amide bonds. The lowest BCUT2D eigenvalue weighted by molar-refractivity contribution is 0.0975. The highest BCUT2D eigenvalue weighted by Gasteiger charge is 2.08. The van der Waals surface area contributed by atoms with Crippen molar-refractivity contribution < 1.29 is 4.79 Å². The summed E-state index contributed by atoms with van der Waals surface area (Å²) in [5, 5.41) is 6.21. The Morgan fingerprint density at radius 3 is 2.72 bits per heavy atom. The van der Waals surface area contributed by atoms with E-state index in [9.17, 15) is 4.79 Å². The maximum atomic E-state index is 12.6. The number of aliphatic imine (C=N–C) groups is 1. The van der Waals surface area contributed by atoms with Gasteiger partial charge in [-0.2, -0.15) is 0 Å². The molecule has 0 bridgehead atoms. The van der Waals surface area contributed by atoms with Gasteiger partial charge in [-0.3, -0.25) is 20.1 Å². The van der Waals surface area contributed by atoms with Crippen molar-refractivity contribution in [1.82, 2.24) is 25.6 Å². The van der Waals surface area contributed by atoms with E-state index in [2.05, 4.69) is 59.5 Å². The van der Waals surface area contributed by atoms with Crippen LogP contribution in [0.3, 0.4) is 0 Å². The molecule has 1 aromatic carbocycles. The smallest absolute Gasteiger partial charge is 0.257 e. The number of aryl methyl sites for hydroxylation is 3. The summed E-state index contributed by atoms with van der Waals surface area (Å²) >= 11 is 3.45. The first-order valence-corrected chi connectivity index (χ1v) is 11.6. The van der Waals surface area contributed by atoms with Crippen LogP contribution in [0.15, 0.2) is 64.6 Å². The van der Waals surface area contributed by atoms with Crippen LogP contribution in [0.5, 0.6) is 0 Å². The van der Waals surface area contributed by atoms with Gasteiger partial charge in [0, 0.05) is 46.9 Å². The zero-order valence-corrected chi connectivity index (χ0v) is 19.9. The third-order valence-electron chi connectivity index (χ3n) is 4.98. The Bertz CT molecular complexity index is 1000. The second kappa shape index (κ2) is 12.8. The second-order valence-corrected chi connectivity index (χ2v) is 8.45. The van der Waals surface area contributed by atoms with Gasteiger partial charge in [0.2, 0.25) is 0 Å². The van der Waals surface area contributed by atoms with Crippen molar-refractivity contribution in [2.45, 2.75) is 39.0 Å². The highest BCUT2D eigenvalue weighted by Crippen LogP contribution is 2.14. The average molecular weight is 497 g/mol. The van der Waals surface area contributed by atoms with Gasteiger partial charge in [0.1, 0.15) is 0 Å². The first kappa shape index (κ1) is 23.7. The van der Waals surface area contributed by atoms with Crippen LogP contribution < -0.4 is 10.6 Å². The van der Waals surface area contributed by atoms with E-state index in [1.807, 2.05) is 30.6 Å². The van der Waals surface area contributed by atoms with Crippen LogP contribution >= 0.6 is 15.9 Å². The highest BCUT2D eigenvalue weighted by atomic mass is 79.9. The molecule has 0 spiro atoms. The maximum Gasteiger partial charge on any atom is 0.257 e. The summed E-state index contributed by atoms with van der Waals surface area (Å²) in [4.78, 5) is 28.8. The number of halogens is 1. The second-order valence-electron chi connectivity index (χ2n) is 7.53. The molecule has 0 saturated carbocycles. The zero-order chi connectivity index (χ0) is 22.6. The third-order valence-corrected chi connectivity index (χ3v) is 5.42. The van der Waals surface area contributed by atoms with Crippen molar-refractivity contribution in [3.8, 4) is 0 Å². The highest BCUT2D eigenvalue weighted by molar-refractivity contribution is 9.10. The number of hydrogen-bond acceptors (Lipinski definition) is 4. The minimum absolute atomic E-state index is 0.167. The quantitative estimate of drug-likeness (QED) is 0.222. The lowest BCUT2D eigenvalue weighted by Crippen LogP contribution is -2.41. The number of carbonyl (C=O) groups excluding carboxylic acids is 1. The molecule has 0 fully saturated rings. The van der Waals surface area contributed by atoms with Gasteiger partial charge in [0.15, 0.2) is 5.96 Å². The Morgan fingerprint density at radius 1 is 1.12 bits per heavy atom. The number of unbranched alkanes of at least 4 members (excludes halogenated alkanes) is 1. The zero-order valence-electron chi connectivity index (χ0n) is 18.3. The number of guanidine groups is 1. The fraction of sp³-hybridized carbons (Fsp3) is 0.333. The largest absolute Gasteiger partial charge is 0.356 e. The van der Waals surface area contributed by atoms with E-state index in [0.717, 1.165) is 54.5 Å². The van der Waals surface area contributed by atoms with Crippen LogP contribution in [-0.4, -0.2) is 39.9 Å². The van der Waals surface area contributed by atoms with Gasteiger partial charge in [0.05, 0.1) is 6.33 Å². The van der Waals surface area contributed by atoms with Crippen LogP contribution in [0.4, 0.5) is 0 Å². The van der Waals surface area contributed by atoms with Crippen LogP contribution in [0.25, 0.3) is 0 Å². The average Bonchev–Trinajstić information content (AvgIpc) is 3.31. The molecule has 0 unspecified atom stereocenters. The molecule has 0 aliphatic carbocycles. The van der Waals surface area contributed by atoms with E-state index in [-0.39, 0.29) is 5.91 Å². The van der Waals surface area contributed by atoms with Crippen LogP contribution in [0.1, 0.15) is 46.6 Å². The molecule has 0 aliphatic heterocycles. The molecule has 2 heterocycles. The molecule has 2 aromatic heterocycles. The van der Waals surface area contributed by atoms with Crippen LogP contribution in [0, 0.1) is 6.92 Å². The topological polar surface area (TPSA) is 95.1 Å². The number of amides is 1. The number of benzene rings is 1. The Labute approximate surface area is 197 Å². The summed E-state index contributed by atoms with van der Waals surface area (Å²) in [7, 11) is 0. The molecule has 168 valence electrons. The summed E-state index contributed by atoms with van der Waals surface area (Å²) < 4.78 is 1.00. The summed E-state index contributed by atoms with van der Waals surface area (Å²) in [6, 6.07) is 11.3. The first-order valence-electron chi connectivity index (χ1n) is 10.8. The van der Waals surface area contributed by atoms with E-state index < -0.39 is 0 Å². The summed E-state index contributed by atoms with van der Waals surface area (Å²) in [5.41, 5.74) is 4.01. The van der Waals surface area contributed by atoms with Crippen molar-refractivity contribution >= 4 is 27.8 Å². The molecule has 32 heavy (non-hydrogen) atoms. The van der Waals surface area contributed by atoms with Crippen LogP contribution in [-0.2, 0) is 12.8 Å². The van der Waals surface area contributed by atoms with Gasteiger partial charge in [0.25, 0.3) is 5.91 Å². The Kier molecular flexibility index (Phi) is 9.43. The van der Waals surface area contributed by atoms with Crippen molar-refractivity contribution in [1.29, 1.82) is 0 Å². The SMILES string of the molecule is Cc1cc(Br)cnc1CCCCNC(=NCCCc1cnc[nH]1)NC(=O)c1ccccc1. The predicted molar refractivity (Wildman–Crippen MR) is 131 cm³/mol. The Balaban J connectivity index is 1.48. The lowest BCUT2D eigenvalue weighted by atomic mass is 10.1. The number of nitrogens with zero attached hydrogens (tertiary/aromatic N) is 3. The third kappa shape index (κ3) is 7.92. The minimum atomic E-state index is -0.167. The molecule has 0 radical (unpaired) electrons. The fourth-order valence-electron chi connectivity index (χ4n) is 3.25. The molecule has 7 nitrogen and oxygen atoms in total. The Morgan fingerprint density at radius 2 is 1.97 bits per heavy atom. The number of rotatable bonds is 10. The monoisotopic (exact) mass is 496 g/mol. The van der Waals surface area contributed by atoms with Gasteiger partial charge in [-0.15, -0.1) is 0 Å². The van der Waals surface area contributed by atoms with Crippen molar-refractivity contribution in [3.05, 3.63) is 82.1 Å². The van der Waals surface area contributed by atoms with Crippen LogP contribution in [0.2, 0.25) is 0 Å². The number of hydrogen-bond donors (Lipinski definition) is 3. The molecule has 0 aliphatic rings. The number of aromatic amines is 1. The first-order chi connectivity index (χ1) is 15.6. The van der Waals surface area contributed by atoms with Gasteiger partial charge in [-0.25, -0.2) is 4.98 Å². The number of aromatic nitrogens is 3. The lowest BCUT2D eigenvalue weighted by Gasteiger charge is -2.12. The van der Waals surface area contributed by atoms with Gasteiger partial charge < -0.3 is 10.3 Å². The van der Waals surface area contributed by atoms with Gasteiger partial charge >= 0.3 is 0 Å². The van der Waals surface area contributed by atoms with Gasteiger partial charge in [-0.1, -0.05) is 18.2 Å². The number of imidazole rings is 1. The minimum Gasteiger partial charge on any atom is -0.356 e. The molecule has 3 rings (SSSR count). The number of H-pyrrole nitrogens is 1. The van der Waals surface area contributed by atoms with E-state index in [1.165, 1.54) is 5.56 Å². The number of nitrogens with one attached hydrogen (secondary N) is 3. The number of carbonyl (C=O) groups is 1. The van der Waals surface area contributed by atoms with Crippen molar-refractivity contribution in [2.24, 2.45) is 4.99 Å². The van der Waals surface area contributed by atoms with E-state index >= 15 is 0 Å². The van der Waals surface area contributed by atoms with E-state index in [1.54, 1.807) is 18.5 Å². The Hall–Kier alpha value is -3.00. The normalized spacial score (nSPS) is 11.4. The van der Waals surface area contributed by atoms with Gasteiger partial charge in [-0.05, 0) is 78.7 Å². The maximum absolute atomic E-state index is 12.6. The molecule has 0 atom stereocenters. The molecule has 3 aromatic rings. The standard InChI is InChI=1S/C24H29BrN6O/c1-18-14-20(25)15-29-22(18)11-5-6-12-27-24(28-13-7-10-21-16-26-17-30-21)31-23(32)19-8-3-2-4-9-19/h2-4,8-9,14-17H,5-7,10-13H2,1H3,(H,26,30)(H2,27,28,31,32). The molecule has 8 heteroatoms. The predicted octanol–water partition coefficient (Wildman–Crippen LogP) is 4.21. The number of pyridine rings is 1. The molecule has 3 N–H and O–H groups in total. The summed E-state index contributed by atoms with van der Waals surface area (Å²) in [6.07, 6.45) is 9.94. The summed E-state index contributed by atoms with van der Waals surface area (Å²) in [6.45, 7) is 3.42. The molecular weight excluding hydrogens is 468 g/mol. The molecule has 0 saturated heterocycles. The van der Waals surface area contributed by atoms with Crippen molar-refractivity contribution in [3.63, 3.8) is 0 Å². The van der Waals surface area contributed by atoms with E-state index in [0.29, 0.717) is 18.1 Å². The molecular formula is C24H29BrN6O. The fourth-order valence-corrected chi connectivity index (χ4v) is 3.69. The van der Waals surface area contributed by atoms with E-state index in [4.69, 9.17) is 0 Å². The van der Waals surface area contributed by atoms with Crippen molar-refractivity contribution in [2.75, 3.05) is 13.1 Å². The summed E-state index contributed by atoms with van der Waals surface area (Å²) in [5.74, 6) is 0.349.